The maximum absolute atomic E-state index is 15.1. The van der Waals surface area contributed by atoms with Gasteiger partial charge >= 0.3 is 11.9 Å². The molecule has 2 aliphatic heterocycles. The van der Waals surface area contributed by atoms with Crippen molar-refractivity contribution >= 4 is 17.6 Å². The zero-order valence-electron chi connectivity index (χ0n) is 18.0. The number of piperidine rings is 1. The van der Waals surface area contributed by atoms with Gasteiger partial charge in [0.05, 0.1) is 26.4 Å². The van der Waals surface area contributed by atoms with Gasteiger partial charge in [-0.1, -0.05) is 12.1 Å². The molecule has 0 aromatic heterocycles. The second-order valence-electron chi connectivity index (χ2n) is 7.46. The summed E-state index contributed by atoms with van der Waals surface area (Å²) in [5, 5.41) is 0. The molecule has 0 spiro atoms. The number of hydrogen-bond donors (Lipinski definition) is 0. The fourth-order valence-electron chi connectivity index (χ4n) is 3.62. The Morgan fingerprint density at radius 3 is 2.48 bits per heavy atom. The SMILES string of the molecule is COC(=O)C1=C(C(=O)OC)N(c2c(F)cccc2OCC2CCN(C)CC2)C=CC=C1. The van der Waals surface area contributed by atoms with Crippen molar-refractivity contribution in [1.29, 1.82) is 0 Å². The zero-order chi connectivity index (χ0) is 22.4. The highest BCUT2D eigenvalue weighted by molar-refractivity contribution is 6.05. The Balaban J connectivity index is 1.99. The maximum atomic E-state index is 15.1. The topological polar surface area (TPSA) is 68.3 Å². The maximum Gasteiger partial charge on any atom is 0.355 e. The first-order valence-corrected chi connectivity index (χ1v) is 10.1. The monoisotopic (exact) mass is 430 g/mol. The van der Waals surface area contributed by atoms with E-state index < -0.39 is 17.8 Å². The molecule has 31 heavy (non-hydrogen) atoms. The third-order valence-electron chi connectivity index (χ3n) is 5.39. The Labute approximate surface area is 181 Å². The number of esters is 2. The molecule has 0 saturated carbocycles. The number of benzene rings is 1. The number of carbonyl (C=O) groups excluding carboxylic acids is 2. The predicted octanol–water partition coefficient (Wildman–Crippen LogP) is 3.04. The summed E-state index contributed by atoms with van der Waals surface area (Å²) in [6.45, 7) is 2.41. The number of carbonyl (C=O) groups is 2. The Morgan fingerprint density at radius 2 is 1.81 bits per heavy atom. The molecule has 7 nitrogen and oxygen atoms in total. The Bertz CT molecular complexity index is 917. The first-order chi connectivity index (χ1) is 15.0. The second-order valence-corrected chi connectivity index (χ2v) is 7.46. The molecule has 166 valence electrons. The van der Waals surface area contributed by atoms with Crippen LogP contribution in [0.5, 0.6) is 5.75 Å². The van der Waals surface area contributed by atoms with Crippen molar-refractivity contribution in [3.8, 4) is 5.75 Å². The molecular weight excluding hydrogens is 403 g/mol. The van der Waals surface area contributed by atoms with Crippen molar-refractivity contribution < 1.29 is 28.2 Å². The van der Waals surface area contributed by atoms with E-state index in [1.807, 2.05) is 0 Å². The number of rotatable bonds is 6. The van der Waals surface area contributed by atoms with Gasteiger partial charge in [0, 0.05) is 6.20 Å². The lowest BCUT2D eigenvalue weighted by atomic mass is 9.98. The van der Waals surface area contributed by atoms with Gasteiger partial charge in [-0.25, -0.2) is 14.0 Å². The van der Waals surface area contributed by atoms with E-state index in [4.69, 9.17) is 14.2 Å². The van der Waals surface area contributed by atoms with E-state index in [0.29, 0.717) is 12.5 Å². The summed E-state index contributed by atoms with van der Waals surface area (Å²) in [5.41, 5.74) is -0.186. The summed E-state index contributed by atoms with van der Waals surface area (Å²) >= 11 is 0. The molecule has 0 amide bonds. The second kappa shape index (κ2) is 10.3. The number of hydrogen-bond acceptors (Lipinski definition) is 7. The first-order valence-electron chi connectivity index (χ1n) is 10.1. The first kappa shape index (κ1) is 22.6. The van der Waals surface area contributed by atoms with Crippen LogP contribution in [0.2, 0.25) is 0 Å². The molecule has 0 unspecified atom stereocenters. The average Bonchev–Trinajstić information content (AvgIpc) is 3.00. The molecular formula is C23H27FN2O5. The fraction of sp³-hybridized carbons (Fsp3) is 0.391. The lowest BCUT2D eigenvalue weighted by Crippen LogP contribution is -2.32. The van der Waals surface area contributed by atoms with E-state index in [1.165, 1.54) is 37.5 Å². The van der Waals surface area contributed by atoms with Crippen LogP contribution in [0.1, 0.15) is 12.8 Å². The number of para-hydroxylation sites is 1. The smallest absolute Gasteiger partial charge is 0.355 e. The van der Waals surface area contributed by atoms with Crippen molar-refractivity contribution in [3.05, 3.63) is 59.7 Å². The van der Waals surface area contributed by atoms with E-state index in [0.717, 1.165) is 25.9 Å². The van der Waals surface area contributed by atoms with E-state index in [1.54, 1.807) is 24.3 Å². The molecule has 0 N–H and O–H groups in total. The molecule has 0 aliphatic carbocycles. The van der Waals surface area contributed by atoms with Gasteiger partial charge in [0.25, 0.3) is 0 Å². The third kappa shape index (κ3) is 5.14. The van der Waals surface area contributed by atoms with Crippen molar-refractivity contribution in [2.45, 2.75) is 12.8 Å². The highest BCUT2D eigenvalue weighted by atomic mass is 19.1. The Morgan fingerprint density at radius 1 is 1.10 bits per heavy atom. The van der Waals surface area contributed by atoms with Gasteiger partial charge in [0.15, 0.2) is 5.82 Å². The number of allylic oxidation sites excluding steroid dienone is 2. The molecule has 2 aliphatic rings. The van der Waals surface area contributed by atoms with Gasteiger partial charge in [-0.05, 0) is 63.2 Å². The van der Waals surface area contributed by atoms with E-state index >= 15 is 4.39 Å². The summed E-state index contributed by atoms with van der Waals surface area (Å²) < 4.78 is 30.8. The lowest BCUT2D eigenvalue weighted by Gasteiger charge is -2.30. The van der Waals surface area contributed by atoms with Crippen LogP contribution in [0.3, 0.4) is 0 Å². The van der Waals surface area contributed by atoms with E-state index in [-0.39, 0.29) is 22.7 Å². The largest absolute Gasteiger partial charge is 0.491 e. The van der Waals surface area contributed by atoms with Crippen LogP contribution in [-0.4, -0.2) is 57.8 Å². The molecule has 0 bridgehead atoms. The molecule has 1 saturated heterocycles. The predicted molar refractivity (Wildman–Crippen MR) is 114 cm³/mol. The molecule has 3 rings (SSSR count). The summed E-state index contributed by atoms with van der Waals surface area (Å²) in [6.07, 6.45) is 8.05. The van der Waals surface area contributed by atoms with Gasteiger partial charge in [-0.3, -0.25) is 0 Å². The number of nitrogens with zero attached hydrogens (tertiary/aromatic N) is 2. The normalized spacial score (nSPS) is 17.5. The van der Waals surface area contributed by atoms with E-state index in [2.05, 4.69) is 11.9 Å². The van der Waals surface area contributed by atoms with Gasteiger partial charge in [0.1, 0.15) is 17.1 Å². The molecule has 1 aromatic rings. The standard InChI is InChI=1S/C23H27FN2O5/c1-25-13-10-16(11-14-25)15-31-19-9-6-8-18(24)21(19)26-12-5-4-7-17(22(27)29-2)20(26)23(28)30-3/h4-9,12,16H,10-11,13-15H2,1-3H3. The van der Waals surface area contributed by atoms with Crippen molar-refractivity contribution in [3.63, 3.8) is 0 Å². The molecule has 1 aromatic carbocycles. The highest BCUT2D eigenvalue weighted by Crippen LogP contribution is 2.37. The number of anilines is 1. The van der Waals surface area contributed by atoms with Crippen molar-refractivity contribution in [2.24, 2.45) is 5.92 Å². The Hall–Kier alpha value is -3.13. The van der Waals surface area contributed by atoms with Crippen LogP contribution in [-0.2, 0) is 19.1 Å². The number of halogens is 1. The number of methoxy groups -OCH3 is 2. The minimum absolute atomic E-state index is 0.0252. The van der Waals surface area contributed by atoms with Crippen molar-refractivity contribution in [1.82, 2.24) is 4.90 Å². The van der Waals surface area contributed by atoms with Crippen LogP contribution in [0, 0.1) is 11.7 Å². The van der Waals surface area contributed by atoms with Gasteiger partial charge in [0.2, 0.25) is 0 Å². The number of likely N-dealkylation sites (tertiary alicyclic amines) is 1. The van der Waals surface area contributed by atoms with Gasteiger partial charge in [-0.15, -0.1) is 0 Å². The van der Waals surface area contributed by atoms with Crippen LogP contribution >= 0.6 is 0 Å². The summed E-state index contributed by atoms with van der Waals surface area (Å²) in [5.74, 6) is -1.51. The van der Waals surface area contributed by atoms with Crippen LogP contribution < -0.4 is 9.64 Å². The summed E-state index contributed by atoms with van der Waals surface area (Å²) in [7, 11) is 4.49. The molecule has 0 atom stereocenters. The lowest BCUT2D eigenvalue weighted by molar-refractivity contribution is -0.139. The zero-order valence-corrected chi connectivity index (χ0v) is 18.0. The highest BCUT2D eigenvalue weighted by Gasteiger charge is 2.31. The van der Waals surface area contributed by atoms with Gasteiger partial charge < -0.3 is 24.0 Å². The van der Waals surface area contributed by atoms with Crippen molar-refractivity contribution in [2.75, 3.05) is 45.9 Å². The van der Waals surface area contributed by atoms with Crippen LogP contribution in [0.15, 0.2) is 53.9 Å². The molecule has 1 fully saturated rings. The minimum Gasteiger partial charge on any atom is -0.491 e. The quantitative estimate of drug-likeness (QED) is 0.643. The van der Waals surface area contributed by atoms with E-state index in [9.17, 15) is 9.59 Å². The Kier molecular flexibility index (Phi) is 7.46. The number of ether oxygens (including phenoxy) is 3. The molecule has 2 heterocycles. The fourth-order valence-corrected chi connectivity index (χ4v) is 3.62. The summed E-state index contributed by atoms with van der Waals surface area (Å²) in [6, 6.07) is 4.47. The minimum atomic E-state index is -0.805. The molecule has 8 heteroatoms. The average molecular weight is 430 g/mol. The summed E-state index contributed by atoms with van der Waals surface area (Å²) in [4.78, 5) is 28.5. The molecule has 0 radical (unpaired) electrons. The third-order valence-corrected chi connectivity index (χ3v) is 5.39. The van der Waals surface area contributed by atoms with Crippen LogP contribution in [0.25, 0.3) is 0 Å². The van der Waals surface area contributed by atoms with Gasteiger partial charge in [-0.2, -0.15) is 0 Å². The van der Waals surface area contributed by atoms with Crippen LogP contribution in [0.4, 0.5) is 10.1 Å².